The number of methoxy groups -OCH3 is 1. The third-order valence-electron chi connectivity index (χ3n) is 3.35. The Kier molecular flexibility index (Phi) is 4.10. The second-order valence-electron chi connectivity index (χ2n) is 4.92. The Morgan fingerprint density at radius 3 is 2.11 bits per heavy atom. The Morgan fingerprint density at radius 2 is 1.58 bits per heavy atom. The Balaban J connectivity index is 2.20. The molecule has 0 radical (unpaired) electrons. The highest BCUT2D eigenvalue weighted by Gasteiger charge is 2.08. The summed E-state index contributed by atoms with van der Waals surface area (Å²) in [5.41, 5.74) is 4.73. The topological polar surface area (TPSA) is 21.3 Å². The van der Waals surface area contributed by atoms with E-state index in [-0.39, 0.29) is 6.04 Å². The summed E-state index contributed by atoms with van der Waals surface area (Å²) >= 11 is 0. The van der Waals surface area contributed by atoms with Crippen molar-refractivity contribution in [3.63, 3.8) is 0 Å². The van der Waals surface area contributed by atoms with Gasteiger partial charge >= 0.3 is 0 Å². The van der Waals surface area contributed by atoms with Crippen molar-refractivity contribution in [1.29, 1.82) is 0 Å². The van der Waals surface area contributed by atoms with E-state index in [0.29, 0.717) is 0 Å². The van der Waals surface area contributed by atoms with E-state index in [2.05, 4.69) is 62.5 Å². The lowest BCUT2D eigenvalue weighted by Crippen LogP contribution is -2.07. The molecule has 0 aromatic heterocycles. The van der Waals surface area contributed by atoms with E-state index in [4.69, 9.17) is 4.74 Å². The average Bonchev–Trinajstić information content (AvgIpc) is 2.39. The molecular formula is C17H21NO. The second kappa shape index (κ2) is 5.79. The molecule has 100 valence electrons. The highest BCUT2D eigenvalue weighted by atomic mass is 16.5. The van der Waals surface area contributed by atoms with Crippen LogP contribution in [0.25, 0.3) is 0 Å². The largest absolute Gasteiger partial charge is 0.496 e. The van der Waals surface area contributed by atoms with Crippen LogP contribution >= 0.6 is 0 Å². The molecule has 0 amide bonds. The predicted octanol–water partition coefficient (Wildman–Crippen LogP) is 4.49. The minimum atomic E-state index is 0.286. The van der Waals surface area contributed by atoms with Crippen molar-refractivity contribution in [3.05, 3.63) is 59.2 Å². The second-order valence-corrected chi connectivity index (χ2v) is 4.92. The molecule has 2 nitrogen and oxygen atoms in total. The average molecular weight is 255 g/mol. The smallest absolute Gasteiger partial charge is 0.124 e. The van der Waals surface area contributed by atoms with Gasteiger partial charge in [-0.3, -0.25) is 0 Å². The molecule has 0 aliphatic heterocycles. The van der Waals surface area contributed by atoms with Gasteiger partial charge in [0.1, 0.15) is 5.75 Å². The van der Waals surface area contributed by atoms with Crippen molar-refractivity contribution in [1.82, 2.24) is 0 Å². The van der Waals surface area contributed by atoms with Gasteiger partial charge in [0, 0.05) is 11.7 Å². The number of rotatable bonds is 4. The molecule has 2 heteroatoms. The number of hydrogen-bond donors (Lipinski definition) is 1. The van der Waals surface area contributed by atoms with Gasteiger partial charge in [-0.25, -0.2) is 0 Å². The van der Waals surface area contributed by atoms with Crippen LogP contribution in [-0.2, 0) is 0 Å². The van der Waals surface area contributed by atoms with Crippen LogP contribution in [0.15, 0.2) is 42.5 Å². The fraction of sp³-hybridized carbons (Fsp3) is 0.294. The summed E-state index contributed by atoms with van der Waals surface area (Å²) in [5, 5.41) is 3.54. The van der Waals surface area contributed by atoms with Gasteiger partial charge in [-0.1, -0.05) is 30.3 Å². The quantitative estimate of drug-likeness (QED) is 0.869. The monoisotopic (exact) mass is 255 g/mol. The summed E-state index contributed by atoms with van der Waals surface area (Å²) in [4.78, 5) is 0. The van der Waals surface area contributed by atoms with Gasteiger partial charge in [0.25, 0.3) is 0 Å². The SMILES string of the molecule is COc1c(C)cc(N[C@H](C)c2ccccc2)cc1C. The minimum absolute atomic E-state index is 0.286. The maximum Gasteiger partial charge on any atom is 0.124 e. The molecule has 0 aliphatic rings. The van der Waals surface area contributed by atoms with E-state index in [0.717, 1.165) is 22.6 Å². The van der Waals surface area contributed by atoms with Gasteiger partial charge in [-0.2, -0.15) is 0 Å². The summed E-state index contributed by atoms with van der Waals surface area (Å²) in [5.74, 6) is 0.970. The maximum atomic E-state index is 5.39. The van der Waals surface area contributed by atoms with Crippen molar-refractivity contribution in [2.75, 3.05) is 12.4 Å². The highest BCUT2D eigenvalue weighted by Crippen LogP contribution is 2.28. The molecule has 0 unspecified atom stereocenters. The van der Waals surface area contributed by atoms with Crippen molar-refractivity contribution < 1.29 is 4.74 Å². The molecule has 0 aliphatic carbocycles. The molecular weight excluding hydrogens is 234 g/mol. The first kappa shape index (κ1) is 13.5. The number of anilines is 1. The van der Waals surface area contributed by atoms with Gasteiger partial charge in [0.2, 0.25) is 0 Å². The summed E-state index contributed by atoms with van der Waals surface area (Å²) in [6.45, 7) is 6.32. The van der Waals surface area contributed by atoms with Gasteiger partial charge in [0.15, 0.2) is 0 Å². The number of aryl methyl sites for hydroxylation is 2. The Labute approximate surface area is 115 Å². The van der Waals surface area contributed by atoms with Crippen molar-refractivity contribution in [2.45, 2.75) is 26.8 Å². The molecule has 1 atom stereocenters. The summed E-state index contributed by atoms with van der Waals surface area (Å²) in [6, 6.07) is 15.0. The lowest BCUT2D eigenvalue weighted by atomic mass is 10.1. The van der Waals surface area contributed by atoms with E-state index < -0.39 is 0 Å². The molecule has 2 aromatic rings. The third-order valence-corrected chi connectivity index (χ3v) is 3.35. The van der Waals surface area contributed by atoms with Crippen LogP contribution < -0.4 is 10.1 Å². The van der Waals surface area contributed by atoms with Crippen LogP contribution in [0.3, 0.4) is 0 Å². The van der Waals surface area contributed by atoms with Crippen molar-refractivity contribution in [3.8, 4) is 5.75 Å². The number of ether oxygens (including phenoxy) is 1. The van der Waals surface area contributed by atoms with Crippen molar-refractivity contribution >= 4 is 5.69 Å². The molecule has 1 N–H and O–H groups in total. The van der Waals surface area contributed by atoms with Crippen LogP contribution in [0, 0.1) is 13.8 Å². The van der Waals surface area contributed by atoms with E-state index in [1.165, 1.54) is 5.56 Å². The van der Waals surface area contributed by atoms with Gasteiger partial charge < -0.3 is 10.1 Å². The van der Waals surface area contributed by atoms with Crippen molar-refractivity contribution in [2.24, 2.45) is 0 Å². The number of benzene rings is 2. The molecule has 19 heavy (non-hydrogen) atoms. The molecule has 0 bridgehead atoms. The van der Waals surface area contributed by atoms with Crippen LogP contribution in [0.5, 0.6) is 5.75 Å². The Hall–Kier alpha value is -1.96. The zero-order valence-corrected chi connectivity index (χ0v) is 12.0. The first-order valence-corrected chi connectivity index (χ1v) is 6.58. The fourth-order valence-corrected chi connectivity index (χ4v) is 2.43. The zero-order valence-electron chi connectivity index (χ0n) is 12.0. The van der Waals surface area contributed by atoms with Crippen LogP contribution in [-0.4, -0.2) is 7.11 Å². The molecule has 0 saturated heterocycles. The Morgan fingerprint density at radius 1 is 1.00 bits per heavy atom. The predicted molar refractivity (Wildman–Crippen MR) is 80.9 cm³/mol. The minimum Gasteiger partial charge on any atom is -0.496 e. The van der Waals surface area contributed by atoms with Gasteiger partial charge in [-0.15, -0.1) is 0 Å². The molecule has 0 saturated carbocycles. The maximum absolute atomic E-state index is 5.39. The number of nitrogens with one attached hydrogen (secondary N) is 1. The first-order chi connectivity index (χ1) is 9.11. The standard InChI is InChI=1S/C17H21NO/c1-12-10-16(11-13(2)17(12)19-4)18-14(3)15-8-6-5-7-9-15/h5-11,14,18H,1-4H3/t14-/m1/s1. The third kappa shape index (κ3) is 3.08. The summed E-state index contributed by atoms with van der Waals surface area (Å²) in [6.07, 6.45) is 0. The van der Waals surface area contributed by atoms with E-state index in [1.54, 1.807) is 7.11 Å². The highest BCUT2D eigenvalue weighted by molar-refractivity contribution is 5.56. The van der Waals surface area contributed by atoms with Crippen LogP contribution in [0.4, 0.5) is 5.69 Å². The van der Waals surface area contributed by atoms with E-state index in [9.17, 15) is 0 Å². The first-order valence-electron chi connectivity index (χ1n) is 6.58. The Bertz CT molecular complexity index is 525. The normalized spacial score (nSPS) is 12.0. The molecule has 2 rings (SSSR count). The van der Waals surface area contributed by atoms with Gasteiger partial charge in [-0.05, 0) is 49.6 Å². The molecule has 0 heterocycles. The van der Waals surface area contributed by atoms with Gasteiger partial charge in [0.05, 0.1) is 7.11 Å². The summed E-state index contributed by atoms with van der Waals surface area (Å²) in [7, 11) is 1.72. The number of hydrogen-bond acceptors (Lipinski definition) is 2. The van der Waals surface area contributed by atoms with E-state index >= 15 is 0 Å². The van der Waals surface area contributed by atoms with E-state index in [1.807, 2.05) is 6.07 Å². The molecule has 0 spiro atoms. The summed E-state index contributed by atoms with van der Waals surface area (Å²) < 4.78 is 5.39. The zero-order chi connectivity index (χ0) is 13.8. The van der Waals surface area contributed by atoms with Crippen LogP contribution in [0.1, 0.15) is 29.7 Å². The lowest BCUT2D eigenvalue weighted by molar-refractivity contribution is 0.408. The molecule has 2 aromatic carbocycles. The fourth-order valence-electron chi connectivity index (χ4n) is 2.43. The van der Waals surface area contributed by atoms with Crippen LogP contribution in [0.2, 0.25) is 0 Å². The molecule has 0 fully saturated rings. The lowest BCUT2D eigenvalue weighted by Gasteiger charge is -2.18.